The van der Waals surface area contributed by atoms with Crippen LogP contribution in [0, 0.1) is 79.7 Å². The topological polar surface area (TPSA) is 103 Å². The Kier molecular flexibility index (Phi) is 30.9. The molecular formula is C103H61F21Ir4N8S4-4. The van der Waals surface area contributed by atoms with Gasteiger partial charge in [0.1, 0.15) is 0 Å². The van der Waals surface area contributed by atoms with Gasteiger partial charge in [0.25, 0.3) is 0 Å². The summed E-state index contributed by atoms with van der Waals surface area (Å²) < 4.78 is 293. The Morgan fingerprint density at radius 2 is 0.471 bits per heavy atom. The van der Waals surface area contributed by atoms with E-state index in [0.29, 0.717) is 64.4 Å². The first-order valence-electron chi connectivity index (χ1n) is 40.9. The molecule has 0 fully saturated rings. The van der Waals surface area contributed by atoms with Crippen LogP contribution in [0.4, 0.5) is 92.2 Å². The molecule has 20 aromatic rings. The van der Waals surface area contributed by atoms with Gasteiger partial charge in [-0.2, -0.15) is 161 Å². The third-order valence-corrected chi connectivity index (χ3v) is 27.0. The third-order valence-electron chi connectivity index (χ3n) is 23.7. The molecule has 0 aliphatic heterocycles. The molecule has 8 nitrogen and oxygen atoms in total. The van der Waals surface area contributed by atoms with Crippen molar-refractivity contribution in [2.45, 2.75) is 98.6 Å². The Morgan fingerprint density at radius 3 is 0.757 bits per heavy atom. The molecule has 8 aromatic heterocycles. The van der Waals surface area contributed by atoms with Crippen molar-refractivity contribution in [1.29, 1.82) is 0 Å². The smallest absolute Gasteiger partial charge is 0.237 e. The summed E-state index contributed by atoms with van der Waals surface area (Å²) in [5, 5.41) is 53.0. The summed E-state index contributed by atoms with van der Waals surface area (Å²) in [6, 6.07) is 71.0. The zero-order valence-corrected chi connectivity index (χ0v) is 85.7. The molecule has 724 valence electrons. The van der Waals surface area contributed by atoms with Gasteiger partial charge in [-0.1, -0.05) is 159 Å². The molecule has 37 heteroatoms. The van der Waals surface area contributed by atoms with Crippen LogP contribution in [-0.2, 0) is 124 Å². The van der Waals surface area contributed by atoms with E-state index in [2.05, 4.69) is 128 Å². The van der Waals surface area contributed by atoms with Crippen molar-refractivity contribution in [3.05, 3.63) is 329 Å². The van der Waals surface area contributed by atoms with E-state index in [1.54, 1.807) is 88.8 Å². The predicted molar refractivity (Wildman–Crippen MR) is 491 cm³/mol. The van der Waals surface area contributed by atoms with Crippen LogP contribution in [-0.4, -0.2) is 40.8 Å². The van der Waals surface area contributed by atoms with Crippen molar-refractivity contribution in [3.63, 3.8) is 0 Å². The predicted octanol–water partition coefficient (Wildman–Crippen LogP) is 33.5. The summed E-state index contributed by atoms with van der Waals surface area (Å²) in [7, 11) is 0. The first kappa shape index (κ1) is 106. The molecule has 0 bridgehead atoms. The Hall–Kier alpha value is -11.0. The van der Waals surface area contributed by atoms with Crippen molar-refractivity contribution in [1.82, 2.24) is 40.8 Å². The van der Waals surface area contributed by atoms with Gasteiger partial charge >= 0.3 is 43.2 Å². The minimum atomic E-state index is -5.98. The van der Waals surface area contributed by atoms with Gasteiger partial charge in [-0.15, -0.1) is 21.5 Å². The van der Waals surface area contributed by atoms with E-state index in [0.717, 1.165) is 69.4 Å². The minimum Gasteiger partial charge on any atom is -0.237 e. The molecule has 4 radical (unpaired) electrons. The number of aryl methyl sites for hydroxylation is 2. The molecule has 0 aliphatic carbocycles. The van der Waals surface area contributed by atoms with Gasteiger partial charge in [0.2, 0.25) is 0 Å². The van der Waals surface area contributed by atoms with E-state index in [1.165, 1.54) is 88.3 Å². The quantitative estimate of drug-likeness (QED) is 0.0842. The fourth-order valence-electron chi connectivity index (χ4n) is 17.2. The number of thiophene rings is 4. The van der Waals surface area contributed by atoms with Crippen molar-refractivity contribution < 1.29 is 173 Å². The zero-order chi connectivity index (χ0) is 97.1. The molecule has 12 aromatic carbocycles. The Balaban J connectivity index is 0.000000157. The maximum atomic E-state index is 14.4. The maximum absolute atomic E-state index is 14.4. The molecule has 0 amide bonds. The van der Waals surface area contributed by atoms with E-state index in [9.17, 15) is 92.2 Å². The first-order chi connectivity index (χ1) is 64.3. The molecule has 0 saturated heterocycles. The van der Waals surface area contributed by atoms with Crippen LogP contribution in [0.15, 0.2) is 222 Å². The molecule has 0 aliphatic rings. The second-order valence-corrected chi connectivity index (χ2v) is 35.5. The van der Waals surface area contributed by atoms with Crippen molar-refractivity contribution >= 4 is 132 Å². The molecule has 0 spiro atoms. The number of benzene rings is 12. The number of halogens is 21. The molecule has 20 rings (SSSR count). The van der Waals surface area contributed by atoms with Crippen LogP contribution in [0.1, 0.15) is 83.5 Å². The maximum Gasteiger partial charge on any atom is 0.417 e. The van der Waals surface area contributed by atoms with Crippen LogP contribution in [0.25, 0.3) is 173 Å². The number of rotatable bonds is 8. The largest absolute Gasteiger partial charge is 0.417 e. The van der Waals surface area contributed by atoms with E-state index >= 15 is 0 Å². The number of nitrogens with zero attached hydrogens (tertiary/aromatic N) is 8. The van der Waals surface area contributed by atoms with Crippen molar-refractivity contribution in [2.24, 2.45) is 0 Å². The molecule has 140 heavy (non-hydrogen) atoms. The molecule has 0 N–H and O–H groups in total. The van der Waals surface area contributed by atoms with Gasteiger partial charge in [0.15, 0.2) is 0 Å². The van der Waals surface area contributed by atoms with Crippen LogP contribution >= 0.6 is 45.3 Å². The van der Waals surface area contributed by atoms with Gasteiger partial charge in [-0.3, -0.25) is 0 Å². The molecule has 8 heterocycles. The number of aromatic nitrogens is 8. The fourth-order valence-corrected chi connectivity index (χ4v) is 19.8. The Bertz CT molecular complexity index is 8090. The number of hydrogen-bond donors (Lipinski definition) is 0. The van der Waals surface area contributed by atoms with Crippen LogP contribution in [0.2, 0.25) is 0 Å². The second kappa shape index (κ2) is 40.8. The minimum absolute atomic E-state index is 0. The van der Waals surface area contributed by atoms with E-state index < -0.39 is 116 Å². The van der Waals surface area contributed by atoms with E-state index in [1.807, 2.05) is 71.4 Å². The number of hydrogen-bond acceptors (Lipinski definition) is 12. The number of fused-ring (bicyclic) bond motifs is 8. The third kappa shape index (κ3) is 20.6. The first-order valence-corrected chi connectivity index (χ1v) is 44.4. The van der Waals surface area contributed by atoms with Gasteiger partial charge < -0.3 is 0 Å². The van der Waals surface area contributed by atoms with Crippen LogP contribution in [0.5, 0.6) is 0 Å². The SMILES string of the molecule is Cc1c(-c2nnc(-c3[c-]ccs3)c3cc4ccccc4cc23)cc(C(F)(F)F)c(C(F)(F)F)c1C.Cc1c(C(F)(F)F)cc(C(F)(F)F)c(-c2nnc(-c3[c-]ccs3)c3cc4ccccc4cc23)c1C.Cc1c(C)c(C(F)(F)F)c(C(F)(F)F)c(C(F)(F)F)c1-c1nnc(-c2[c-]ccs2)c2cc3ccccc3cc12.Cc1cccc(C)c1-c1nnc(-c2[c-]ccs2)c2cc3ccccc3cc12.[Ir].[Ir].[Ir].[Ir]. The standard InChI is InChI=1S/C27H14F9N2S.2C26H15F6N2S.C24H17N2S.4Ir/c1-12-13(2)20(25(28,29)30)22(27(34,35)36)21(26(31,32)33)19(12)24-17-11-15-7-4-3-6-14(15)10-16(17)23(37-38-24)18-8-5-9-39-18;1-13-14(2)22(26(30,31)32)20(25(27,28)29)12-17(13)23-18-10-15-6-3-4-7-16(15)11-19(18)24(34-33-23)21-8-5-9-35-21;1-13-14(2)22(20(26(30,31)32)12-19(13)25(27,28)29)24-18-11-16-7-4-3-6-15(16)10-17(18)23(33-34-24)21-8-5-9-35-21;1-15-7-5-8-16(2)22(15)24-20-14-18-10-4-3-9-17(18)13-19(20)23(25-26-24)21-11-6-12-27-21;;;;/h3-7,9-11H,1-2H3;2*3-7,9-12H,1-2H3;3-10,12-14H,1-2H3;;;;/q4*-1;;;;. The molecule has 0 unspecified atom stereocenters. The summed E-state index contributed by atoms with van der Waals surface area (Å²) in [5.74, 6) is 0. The van der Waals surface area contributed by atoms with Gasteiger partial charge in [0, 0.05) is 147 Å². The summed E-state index contributed by atoms with van der Waals surface area (Å²) in [6.07, 6.45) is -37.9. The van der Waals surface area contributed by atoms with Crippen LogP contribution in [0.3, 0.4) is 0 Å². The second-order valence-electron chi connectivity index (χ2n) is 31.8. The van der Waals surface area contributed by atoms with Crippen molar-refractivity contribution in [2.75, 3.05) is 0 Å². The summed E-state index contributed by atoms with van der Waals surface area (Å²) in [6.45, 7) is 10.8. The van der Waals surface area contributed by atoms with Crippen molar-refractivity contribution in [3.8, 4) is 87.3 Å². The number of alkyl halides is 21. The fraction of sp³-hybridized carbons (Fsp3) is 0.146. The zero-order valence-electron chi connectivity index (χ0n) is 72.8. The van der Waals surface area contributed by atoms with Gasteiger partial charge in [-0.25, -0.2) is 65.7 Å². The Labute approximate surface area is 853 Å². The summed E-state index contributed by atoms with van der Waals surface area (Å²) in [5.41, 5.74) is -11.8. The van der Waals surface area contributed by atoms with Gasteiger partial charge in [0.05, 0.1) is 61.7 Å². The molecule has 0 atom stereocenters. The molecular weight excluding hydrogens is 2650 g/mol. The summed E-state index contributed by atoms with van der Waals surface area (Å²) >= 11 is 5.59. The monoisotopic (exact) mass is 2710 g/mol. The van der Waals surface area contributed by atoms with Gasteiger partial charge in [-0.05, 0) is 201 Å². The van der Waals surface area contributed by atoms with E-state index in [-0.39, 0.29) is 137 Å². The Morgan fingerprint density at radius 1 is 0.214 bits per heavy atom. The van der Waals surface area contributed by atoms with Crippen LogP contribution < -0.4 is 0 Å². The average molecular weight is 2710 g/mol. The molecule has 0 saturated carbocycles. The summed E-state index contributed by atoms with van der Waals surface area (Å²) in [4.78, 5) is 2.85. The normalized spacial score (nSPS) is 12.1. The average Bonchev–Trinajstić information content (AvgIpc) is 0.811. The van der Waals surface area contributed by atoms with E-state index in [4.69, 9.17) is 5.10 Å².